The van der Waals surface area contributed by atoms with Crippen LogP contribution in [0.1, 0.15) is 11.6 Å². The van der Waals surface area contributed by atoms with Crippen molar-refractivity contribution in [2.24, 2.45) is 0 Å². The number of nitrogens with one attached hydrogen (secondary N) is 1. The molecule has 0 radical (unpaired) electrons. The number of halogens is 3. The first kappa shape index (κ1) is 19.0. The summed E-state index contributed by atoms with van der Waals surface area (Å²) in [5.41, 5.74) is 0.949. The summed E-state index contributed by atoms with van der Waals surface area (Å²) in [6.45, 7) is 1.78. The molecule has 8 heteroatoms. The highest BCUT2D eigenvalue weighted by Gasteiger charge is 2.33. The Kier molecular flexibility index (Phi) is 5.55. The number of carbonyl (C=O) groups is 1. The van der Waals surface area contributed by atoms with Crippen LogP contribution in [-0.2, 0) is 0 Å². The highest BCUT2D eigenvalue weighted by molar-refractivity contribution is 5.91. The molecular formula is C19H20F3N3O2. The summed E-state index contributed by atoms with van der Waals surface area (Å²) in [5, 5.41) is 2.56. The number of ether oxygens (including phenoxy) is 1. The van der Waals surface area contributed by atoms with Gasteiger partial charge in [-0.2, -0.15) is 0 Å². The fraction of sp³-hybridized carbons (Fsp3) is 0.316. The topological polar surface area (TPSA) is 44.8 Å². The SMILES string of the molecule is CN1CCN(C(=O)Nc2ccccc2OC(F)(F)F)[C@@H](c2ccccc2)C1. The smallest absolute Gasteiger partial charge is 0.404 e. The van der Waals surface area contributed by atoms with E-state index in [9.17, 15) is 18.0 Å². The highest BCUT2D eigenvalue weighted by atomic mass is 19.4. The summed E-state index contributed by atoms with van der Waals surface area (Å²) >= 11 is 0. The first-order valence-electron chi connectivity index (χ1n) is 8.49. The Hall–Kier alpha value is -2.74. The first-order chi connectivity index (χ1) is 12.8. The minimum absolute atomic E-state index is 0.0226. The minimum Gasteiger partial charge on any atom is -0.404 e. The van der Waals surface area contributed by atoms with Crippen LogP contribution in [0.4, 0.5) is 23.7 Å². The molecule has 1 fully saturated rings. The van der Waals surface area contributed by atoms with E-state index in [1.165, 1.54) is 24.3 Å². The van der Waals surface area contributed by atoms with Gasteiger partial charge in [0.1, 0.15) is 0 Å². The molecule has 1 N–H and O–H groups in total. The van der Waals surface area contributed by atoms with Crippen molar-refractivity contribution >= 4 is 11.7 Å². The zero-order valence-electron chi connectivity index (χ0n) is 14.7. The van der Waals surface area contributed by atoms with Crippen LogP contribution in [0.25, 0.3) is 0 Å². The second kappa shape index (κ2) is 7.87. The third kappa shape index (κ3) is 4.91. The summed E-state index contributed by atoms with van der Waals surface area (Å²) < 4.78 is 41.8. The molecule has 0 aromatic heterocycles. The van der Waals surface area contributed by atoms with Gasteiger partial charge in [0, 0.05) is 19.6 Å². The van der Waals surface area contributed by atoms with Gasteiger partial charge < -0.3 is 19.9 Å². The molecule has 0 aliphatic carbocycles. The second-order valence-corrected chi connectivity index (χ2v) is 6.36. The molecule has 0 saturated carbocycles. The number of anilines is 1. The molecule has 2 aromatic rings. The lowest BCUT2D eigenvalue weighted by Gasteiger charge is -2.40. The fourth-order valence-electron chi connectivity index (χ4n) is 3.09. The quantitative estimate of drug-likeness (QED) is 0.873. The minimum atomic E-state index is -4.83. The lowest BCUT2D eigenvalue weighted by Crippen LogP contribution is -2.50. The average molecular weight is 379 g/mol. The molecule has 1 heterocycles. The van der Waals surface area contributed by atoms with Crippen LogP contribution in [0.2, 0.25) is 0 Å². The van der Waals surface area contributed by atoms with Crippen LogP contribution in [0.5, 0.6) is 5.75 Å². The van der Waals surface area contributed by atoms with Gasteiger partial charge in [-0.3, -0.25) is 0 Å². The van der Waals surface area contributed by atoms with Crippen molar-refractivity contribution in [3.8, 4) is 5.75 Å². The number of amides is 2. The van der Waals surface area contributed by atoms with Crippen LogP contribution in [0, 0.1) is 0 Å². The van der Waals surface area contributed by atoms with E-state index >= 15 is 0 Å². The predicted octanol–water partition coefficient (Wildman–Crippen LogP) is 4.11. The van der Waals surface area contributed by atoms with Gasteiger partial charge in [-0.1, -0.05) is 42.5 Å². The molecule has 0 unspecified atom stereocenters. The summed E-state index contributed by atoms with van der Waals surface area (Å²) in [7, 11) is 1.97. The Balaban J connectivity index is 1.81. The summed E-state index contributed by atoms with van der Waals surface area (Å²) in [5.74, 6) is -0.441. The molecule has 0 spiro atoms. The molecule has 1 atom stereocenters. The third-order valence-electron chi connectivity index (χ3n) is 4.38. The molecular weight excluding hydrogens is 359 g/mol. The van der Waals surface area contributed by atoms with Crippen LogP contribution in [-0.4, -0.2) is 48.9 Å². The van der Waals surface area contributed by atoms with Crippen molar-refractivity contribution in [2.45, 2.75) is 12.4 Å². The van der Waals surface area contributed by atoms with Crippen LogP contribution in [0.3, 0.4) is 0 Å². The number of likely N-dealkylation sites (N-methyl/N-ethyl adjacent to an activating group) is 1. The average Bonchev–Trinajstić information content (AvgIpc) is 2.63. The number of piperazine rings is 1. The molecule has 1 aliphatic heterocycles. The Morgan fingerprint density at radius 3 is 2.44 bits per heavy atom. The number of hydrogen-bond acceptors (Lipinski definition) is 3. The monoisotopic (exact) mass is 379 g/mol. The Morgan fingerprint density at radius 1 is 1.07 bits per heavy atom. The van der Waals surface area contributed by atoms with Gasteiger partial charge in [-0.15, -0.1) is 13.2 Å². The van der Waals surface area contributed by atoms with Crippen molar-refractivity contribution in [1.29, 1.82) is 0 Å². The standard InChI is InChI=1S/C19H20F3N3O2/c1-24-11-12-25(16(13-24)14-7-3-2-4-8-14)18(26)23-15-9-5-6-10-17(15)27-19(20,21)22/h2-10,16H,11-13H2,1H3,(H,23,26)/t16-/m1/s1. The lowest BCUT2D eigenvalue weighted by atomic mass is 10.0. The zero-order chi connectivity index (χ0) is 19.4. The van der Waals surface area contributed by atoms with E-state index in [1.54, 1.807) is 4.90 Å². The Labute approximate surface area is 155 Å². The molecule has 1 aliphatic rings. The summed E-state index contributed by atoms with van der Waals surface area (Å²) in [4.78, 5) is 16.6. The van der Waals surface area contributed by atoms with E-state index in [0.29, 0.717) is 19.6 Å². The van der Waals surface area contributed by atoms with E-state index in [1.807, 2.05) is 37.4 Å². The number of hydrogen-bond donors (Lipinski definition) is 1. The Bertz CT molecular complexity index is 783. The van der Waals surface area contributed by atoms with Crippen molar-refractivity contribution in [2.75, 3.05) is 32.0 Å². The maximum absolute atomic E-state index is 12.8. The number of alkyl halides is 3. The van der Waals surface area contributed by atoms with Gasteiger partial charge in [0.25, 0.3) is 0 Å². The molecule has 3 rings (SSSR count). The number of para-hydroxylation sites is 2. The number of urea groups is 1. The molecule has 0 bridgehead atoms. The van der Waals surface area contributed by atoms with Crippen molar-refractivity contribution in [1.82, 2.24) is 9.80 Å². The molecule has 1 saturated heterocycles. The lowest BCUT2D eigenvalue weighted by molar-refractivity contribution is -0.274. The molecule has 27 heavy (non-hydrogen) atoms. The maximum atomic E-state index is 12.8. The largest absolute Gasteiger partial charge is 0.573 e. The summed E-state index contributed by atoms with van der Waals surface area (Å²) in [6, 6.07) is 14.4. The molecule has 2 amide bonds. The van der Waals surface area contributed by atoms with Crippen molar-refractivity contribution in [3.63, 3.8) is 0 Å². The van der Waals surface area contributed by atoms with E-state index in [4.69, 9.17) is 0 Å². The van der Waals surface area contributed by atoms with Crippen molar-refractivity contribution in [3.05, 3.63) is 60.2 Å². The normalized spacial score (nSPS) is 18.2. The fourth-order valence-corrected chi connectivity index (χ4v) is 3.09. The maximum Gasteiger partial charge on any atom is 0.573 e. The number of carbonyl (C=O) groups excluding carboxylic acids is 1. The van der Waals surface area contributed by atoms with Gasteiger partial charge in [0.15, 0.2) is 5.75 Å². The van der Waals surface area contributed by atoms with E-state index in [0.717, 1.165) is 5.56 Å². The van der Waals surface area contributed by atoms with E-state index in [2.05, 4.69) is 15.0 Å². The first-order valence-corrected chi connectivity index (χ1v) is 8.49. The third-order valence-corrected chi connectivity index (χ3v) is 4.38. The van der Waals surface area contributed by atoms with Crippen LogP contribution < -0.4 is 10.1 Å². The van der Waals surface area contributed by atoms with Gasteiger partial charge in [-0.25, -0.2) is 4.79 Å². The molecule has 5 nitrogen and oxygen atoms in total. The zero-order valence-corrected chi connectivity index (χ0v) is 14.7. The van der Waals surface area contributed by atoms with E-state index < -0.39 is 18.1 Å². The summed E-state index contributed by atoms with van der Waals surface area (Å²) in [6.07, 6.45) is -4.83. The van der Waals surface area contributed by atoms with Gasteiger partial charge >= 0.3 is 12.4 Å². The second-order valence-electron chi connectivity index (χ2n) is 6.36. The molecule has 144 valence electrons. The van der Waals surface area contributed by atoms with E-state index in [-0.39, 0.29) is 11.7 Å². The predicted molar refractivity (Wildman–Crippen MR) is 95.5 cm³/mol. The molecule has 2 aromatic carbocycles. The van der Waals surface area contributed by atoms with Gasteiger partial charge in [0.2, 0.25) is 0 Å². The highest BCUT2D eigenvalue weighted by Crippen LogP contribution is 2.31. The van der Waals surface area contributed by atoms with Gasteiger partial charge in [0.05, 0.1) is 11.7 Å². The number of nitrogens with zero attached hydrogens (tertiary/aromatic N) is 2. The van der Waals surface area contributed by atoms with Crippen LogP contribution >= 0.6 is 0 Å². The van der Waals surface area contributed by atoms with Gasteiger partial charge in [-0.05, 0) is 24.7 Å². The van der Waals surface area contributed by atoms with Crippen LogP contribution in [0.15, 0.2) is 54.6 Å². The van der Waals surface area contributed by atoms with Crippen molar-refractivity contribution < 1.29 is 22.7 Å². The number of benzene rings is 2. The Morgan fingerprint density at radius 2 is 1.74 bits per heavy atom. The number of rotatable bonds is 3.